The quantitative estimate of drug-likeness (QED) is 0.871. The summed E-state index contributed by atoms with van der Waals surface area (Å²) in [6, 6.07) is 0. The normalized spacial score (nSPS) is 23.3. The maximum atomic E-state index is 5.79. The van der Waals surface area contributed by atoms with E-state index in [0.717, 1.165) is 37.0 Å². The molecule has 0 saturated carbocycles. The number of aromatic nitrogens is 1. The van der Waals surface area contributed by atoms with Crippen LogP contribution in [0, 0.1) is 0 Å². The van der Waals surface area contributed by atoms with Crippen molar-refractivity contribution in [3.05, 3.63) is 10.6 Å². The number of hydrogen-bond acceptors (Lipinski definition) is 6. The molecule has 2 heterocycles. The molecule has 1 fully saturated rings. The van der Waals surface area contributed by atoms with Gasteiger partial charge >= 0.3 is 0 Å². The van der Waals surface area contributed by atoms with E-state index in [2.05, 4.69) is 31.0 Å². The SMILES string of the molecule is CCNCc1sc(N2CC(C)OC(C)C2)nc1COC. The zero-order valence-electron chi connectivity index (χ0n) is 12.8. The molecule has 0 aliphatic carbocycles. The lowest BCUT2D eigenvalue weighted by Crippen LogP contribution is -2.45. The van der Waals surface area contributed by atoms with Gasteiger partial charge in [0.25, 0.3) is 0 Å². The second-order valence-corrected chi connectivity index (χ2v) is 6.30. The summed E-state index contributed by atoms with van der Waals surface area (Å²) in [5.74, 6) is 0. The summed E-state index contributed by atoms with van der Waals surface area (Å²) in [5.41, 5.74) is 1.06. The molecule has 5 nitrogen and oxygen atoms in total. The molecule has 0 amide bonds. The average molecular weight is 299 g/mol. The van der Waals surface area contributed by atoms with Crippen LogP contribution in [0.4, 0.5) is 5.13 Å². The molecule has 114 valence electrons. The molecule has 1 aromatic rings. The fourth-order valence-corrected chi connectivity index (χ4v) is 3.52. The van der Waals surface area contributed by atoms with Crippen LogP contribution in [0.2, 0.25) is 0 Å². The average Bonchev–Trinajstić information content (AvgIpc) is 2.79. The van der Waals surface area contributed by atoms with Gasteiger partial charge in [0.1, 0.15) is 0 Å². The monoisotopic (exact) mass is 299 g/mol. The highest BCUT2D eigenvalue weighted by Gasteiger charge is 2.25. The van der Waals surface area contributed by atoms with Crippen molar-refractivity contribution in [2.45, 2.75) is 46.1 Å². The van der Waals surface area contributed by atoms with Crippen LogP contribution in [-0.2, 0) is 22.6 Å². The van der Waals surface area contributed by atoms with Crippen molar-refractivity contribution in [1.82, 2.24) is 10.3 Å². The Morgan fingerprint density at radius 3 is 2.70 bits per heavy atom. The Kier molecular flexibility index (Phi) is 5.77. The molecule has 0 radical (unpaired) electrons. The summed E-state index contributed by atoms with van der Waals surface area (Å²) >= 11 is 1.77. The van der Waals surface area contributed by atoms with E-state index in [0.29, 0.717) is 6.61 Å². The summed E-state index contributed by atoms with van der Waals surface area (Å²) in [4.78, 5) is 8.37. The summed E-state index contributed by atoms with van der Waals surface area (Å²) in [7, 11) is 1.72. The molecule has 0 spiro atoms. The Hall–Kier alpha value is -0.690. The van der Waals surface area contributed by atoms with E-state index in [9.17, 15) is 0 Å². The minimum atomic E-state index is 0.255. The minimum absolute atomic E-state index is 0.255. The first-order valence-corrected chi connectivity index (χ1v) is 8.04. The highest BCUT2D eigenvalue weighted by molar-refractivity contribution is 7.15. The van der Waals surface area contributed by atoms with Gasteiger partial charge in [-0.15, -0.1) is 11.3 Å². The minimum Gasteiger partial charge on any atom is -0.378 e. The third-order valence-electron chi connectivity index (χ3n) is 3.27. The molecular weight excluding hydrogens is 274 g/mol. The number of rotatable bonds is 6. The van der Waals surface area contributed by atoms with E-state index in [-0.39, 0.29) is 12.2 Å². The first-order chi connectivity index (χ1) is 9.63. The smallest absolute Gasteiger partial charge is 0.186 e. The lowest BCUT2D eigenvalue weighted by Gasteiger charge is -2.35. The van der Waals surface area contributed by atoms with Crippen LogP contribution in [0.1, 0.15) is 31.3 Å². The number of nitrogens with zero attached hydrogens (tertiary/aromatic N) is 2. The predicted molar refractivity (Wildman–Crippen MR) is 82.4 cm³/mol. The van der Waals surface area contributed by atoms with Crippen molar-refractivity contribution in [2.75, 3.05) is 31.6 Å². The Balaban J connectivity index is 2.14. The van der Waals surface area contributed by atoms with E-state index in [1.807, 2.05) is 0 Å². The van der Waals surface area contributed by atoms with Crippen molar-refractivity contribution in [1.29, 1.82) is 0 Å². The van der Waals surface area contributed by atoms with E-state index in [1.54, 1.807) is 18.4 Å². The zero-order valence-corrected chi connectivity index (χ0v) is 13.6. The molecule has 1 aliphatic heterocycles. The lowest BCUT2D eigenvalue weighted by molar-refractivity contribution is -0.00524. The molecule has 1 saturated heterocycles. The molecular formula is C14H25N3O2S. The second kappa shape index (κ2) is 7.36. The van der Waals surface area contributed by atoms with Crippen LogP contribution in [-0.4, -0.2) is 43.9 Å². The molecule has 2 unspecified atom stereocenters. The highest BCUT2D eigenvalue weighted by atomic mass is 32.1. The second-order valence-electron chi connectivity index (χ2n) is 5.24. The zero-order chi connectivity index (χ0) is 14.5. The van der Waals surface area contributed by atoms with Gasteiger partial charge in [-0.05, 0) is 20.4 Å². The van der Waals surface area contributed by atoms with Crippen LogP contribution in [0.15, 0.2) is 0 Å². The van der Waals surface area contributed by atoms with Crippen LogP contribution in [0.3, 0.4) is 0 Å². The van der Waals surface area contributed by atoms with Gasteiger partial charge in [-0.1, -0.05) is 6.92 Å². The largest absolute Gasteiger partial charge is 0.378 e. The highest BCUT2D eigenvalue weighted by Crippen LogP contribution is 2.29. The van der Waals surface area contributed by atoms with Crippen molar-refractivity contribution in [2.24, 2.45) is 0 Å². The third kappa shape index (κ3) is 3.91. The fourth-order valence-electron chi connectivity index (χ4n) is 2.47. The molecule has 20 heavy (non-hydrogen) atoms. The number of anilines is 1. The van der Waals surface area contributed by atoms with E-state index < -0.39 is 0 Å². The van der Waals surface area contributed by atoms with Crippen LogP contribution < -0.4 is 10.2 Å². The molecule has 0 bridgehead atoms. The fraction of sp³-hybridized carbons (Fsp3) is 0.786. The summed E-state index contributed by atoms with van der Waals surface area (Å²) in [5, 5.41) is 4.46. The van der Waals surface area contributed by atoms with Crippen molar-refractivity contribution >= 4 is 16.5 Å². The maximum absolute atomic E-state index is 5.79. The molecule has 2 atom stereocenters. The Morgan fingerprint density at radius 2 is 2.10 bits per heavy atom. The van der Waals surface area contributed by atoms with Gasteiger partial charge in [-0.2, -0.15) is 0 Å². The Bertz CT molecular complexity index is 415. The number of morpholine rings is 1. The number of nitrogens with one attached hydrogen (secondary N) is 1. The summed E-state index contributed by atoms with van der Waals surface area (Å²) < 4.78 is 11.1. The number of methoxy groups -OCH3 is 1. The van der Waals surface area contributed by atoms with E-state index in [4.69, 9.17) is 14.5 Å². The third-order valence-corrected chi connectivity index (χ3v) is 4.43. The first-order valence-electron chi connectivity index (χ1n) is 7.22. The van der Waals surface area contributed by atoms with E-state index >= 15 is 0 Å². The molecule has 1 N–H and O–H groups in total. The number of thiazole rings is 1. The van der Waals surface area contributed by atoms with Gasteiger partial charge < -0.3 is 19.7 Å². The van der Waals surface area contributed by atoms with Gasteiger partial charge in [0.15, 0.2) is 5.13 Å². The van der Waals surface area contributed by atoms with Crippen molar-refractivity contribution in [3.63, 3.8) is 0 Å². The first kappa shape index (κ1) is 15.7. The summed E-state index contributed by atoms with van der Waals surface area (Å²) in [6.07, 6.45) is 0.511. The topological polar surface area (TPSA) is 46.6 Å². The number of hydrogen-bond donors (Lipinski definition) is 1. The van der Waals surface area contributed by atoms with Crippen LogP contribution in [0.5, 0.6) is 0 Å². The Labute approximate surface area is 125 Å². The van der Waals surface area contributed by atoms with Gasteiger partial charge in [-0.25, -0.2) is 4.98 Å². The molecule has 2 rings (SSSR count). The standard InChI is InChI=1S/C14H25N3O2S/c1-5-15-6-13-12(9-18-4)16-14(20-13)17-7-10(2)19-11(3)8-17/h10-11,15H,5-9H2,1-4H3. The molecule has 1 aliphatic rings. The Morgan fingerprint density at radius 1 is 1.40 bits per heavy atom. The van der Waals surface area contributed by atoms with Crippen LogP contribution >= 0.6 is 11.3 Å². The van der Waals surface area contributed by atoms with E-state index in [1.165, 1.54) is 4.88 Å². The van der Waals surface area contributed by atoms with Crippen molar-refractivity contribution in [3.8, 4) is 0 Å². The van der Waals surface area contributed by atoms with Crippen LogP contribution in [0.25, 0.3) is 0 Å². The molecule has 6 heteroatoms. The molecule has 1 aromatic heterocycles. The van der Waals surface area contributed by atoms with Crippen molar-refractivity contribution < 1.29 is 9.47 Å². The maximum Gasteiger partial charge on any atom is 0.186 e. The lowest BCUT2D eigenvalue weighted by atomic mass is 10.2. The van der Waals surface area contributed by atoms with Gasteiger partial charge in [0.2, 0.25) is 0 Å². The van der Waals surface area contributed by atoms with Gasteiger partial charge in [0.05, 0.1) is 24.5 Å². The number of ether oxygens (including phenoxy) is 2. The summed E-state index contributed by atoms with van der Waals surface area (Å²) in [6.45, 7) is 10.6. The molecule has 0 aromatic carbocycles. The van der Waals surface area contributed by atoms with Gasteiger partial charge in [-0.3, -0.25) is 0 Å². The van der Waals surface area contributed by atoms with Gasteiger partial charge in [0, 0.05) is 31.6 Å². The predicted octanol–water partition coefficient (Wildman–Crippen LogP) is 2.01.